The van der Waals surface area contributed by atoms with Gasteiger partial charge in [-0.3, -0.25) is 19.7 Å². The Labute approximate surface area is 155 Å². The standard InChI is InChI=1S/C18H17ClN2O5/c1-11-3-4-13(7-12(11)2)8-18(23)26-10-17(22)20-14-5-6-15(19)16(9-14)21(24)25/h3-7,9H,8,10H2,1-2H3,(H,20,22). The monoisotopic (exact) mass is 376 g/mol. The molecule has 1 N–H and O–H groups in total. The Morgan fingerprint density at radius 1 is 1.15 bits per heavy atom. The number of aryl methyl sites for hydroxylation is 2. The fraction of sp³-hybridized carbons (Fsp3) is 0.222. The molecule has 2 aromatic carbocycles. The van der Waals surface area contributed by atoms with Crippen LogP contribution in [0, 0.1) is 24.0 Å². The molecule has 0 saturated carbocycles. The summed E-state index contributed by atoms with van der Waals surface area (Å²) in [5, 5.41) is 13.2. The van der Waals surface area contributed by atoms with Gasteiger partial charge in [0, 0.05) is 11.8 Å². The molecular weight excluding hydrogens is 360 g/mol. The Kier molecular flexibility index (Phi) is 6.30. The average molecular weight is 377 g/mol. The molecule has 7 nitrogen and oxygen atoms in total. The normalized spacial score (nSPS) is 10.3. The van der Waals surface area contributed by atoms with Crippen molar-refractivity contribution in [2.75, 3.05) is 11.9 Å². The van der Waals surface area contributed by atoms with Crippen LogP contribution in [0.5, 0.6) is 0 Å². The highest BCUT2D eigenvalue weighted by Gasteiger charge is 2.15. The van der Waals surface area contributed by atoms with E-state index in [1.807, 2.05) is 32.0 Å². The van der Waals surface area contributed by atoms with Gasteiger partial charge in [0.2, 0.25) is 0 Å². The molecule has 2 aromatic rings. The molecule has 0 aromatic heterocycles. The number of hydrogen-bond acceptors (Lipinski definition) is 5. The number of benzene rings is 2. The number of nitrogens with one attached hydrogen (secondary N) is 1. The van der Waals surface area contributed by atoms with E-state index in [0.717, 1.165) is 22.8 Å². The summed E-state index contributed by atoms with van der Waals surface area (Å²) in [5.41, 5.74) is 2.86. The Balaban J connectivity index is 1.88. The maximum atomic E-state index is 11.8. The quantitative estimate of drug-likeness (QED) is 0.472. The number of esters is 1. The van der Waals surface area contributed by atoms with E-state index in [0.29, 0.717) is 0 Å². The molecule has 0 unspecified atom stereocenters. The average Bonchev–Trinajstić information content (AvgIpc) is 2.58. The predicted molar refractivity (Wildman–Crippen MR) is 97.3 cm³/mol. The number of rotatable bonds is 6. The molecule has 0 bridgehead atoms. The summed E-state index contributed by atoms with van der Waals surface area (Å²) in [7, 11) is 0. The summed E-state index contributed by atoms with van der Waals surface area (Å²) in [6.45, 7) is 3.44. The molecule has 1 amide bonds. The van der Waals surface area contributed by atoms with Crippen molar-refractivity contribution in [1.82, 2.24) is 0 Å². The summed E-state index contributed by atoms with van der Waals surface area (Å²) < 4.78 is 4.94. The van der Waals surface area contributed by atoms with Crippen LogP contribution in [0.2, 0.25) is 5.02 Å². The fourth-order valence-electron chi connectivity index (χ4n) is 2.20. The topological polar surface area (TPSA) is 98.5 Å². The van der Waals surface area contributed by atoms with Crippen LogP contribution in [0.3, 0.4) is 0 Å². The molecular formula is C18H17ClN2O5. The van der Waals surface area contributed by atoms with E-state index in [4.69, 9.17) is 16.3 Å². The van der Waals surface area contributed by atoms with Crippen molar-refractivity contribution in [1.29, 1.82) is 0 Å². The number of nitro benzene ring substituents is 1. The molecule has 0 spiro atoms. The molecule has 0 aliphatic heterocycles. The molecule has 0 atom stereocenters. The van der Waals surface area contributed by atoms with Gasteiger partial charge in [0.1, 0.15) is 5.02 Å². The lowest BCUT2D eigenvalue weighted by atomic mass is 10.0. The van der Waals surface area contributed by atoms with Gasteiger partial charge in [-0.1, -0.05) is 29.8 Å². The lowest BCUT2D eigenvalue weighted by Crippen LogP contribution is -2.21. The van der Waals surface area contributed by atoms with Gasteiger partial charge in [-0.15, -0.1) is 0 Å². The molecule has 0 aliphatic rings. The zero-order chi connectivity index (χ0) is 19.3. The van der Waals surface area contributed by atoms with Crippen molar-refractivity contribution >= 4 is 34.9 Å². The molecule has 0 radical (unpaired) electrons. The smallest absolute Gasteiger partial charge is 0.310 e. The highest BCUT2D eigenvalue weighted by atomic mass is 35.5. The minimum absolute atomic E-state index is 0.0344. The van der Waals surface area contributed by atoms with Gasteiger partial charge in [-0.2, -0.15) is 0 Å². The number of halogens is 1. The first-order valence-electron chi connectivity index (χ1n) is 7.72. The highest BCUT2D eigenvalue weighted by Crippen LogP contribution is 2.27. The van der Waals surface area contributed by atoms with Gasteiger partial charge in [0.15, 0.2) is 6.61 Å². The first-order chi connectivity index (χ1) is 12.3. The number of hydrogen-bond donors (Lipinski definition) is 1. The van der Waals surface area contributed by atoms with E-state index in [9.17, 15) is 19.7 Å². The number of carbonyl (C=O) groups excluding carboxylic acids is 2. The molecule has 136 valence electrons. The van der Waals surface area contributed by atoms with Crippen molar-refractivity contribution in [2.45, 2.75) is 20.3 Å². The SMILES string of the molecule is Cc1ccc(CC(=O)OCC(=O)Nc2ccc(Cl)c([N+](=O)[O-])c2)cc1C. The largest absolute Gasteiger partial charge is 0.455 e. The summed E-state index contributed by atoms with van der Waals surface area (Å²) in [6.07, 6.45) is 0.0564. The summed E-state index contributed by atoms with van der Waals surface area (Å²) >= 11 is 5.70. The molecule has 26 heavy (non-hydrogen) atoms. The van der Waals surface area contributed by atoms with Crippen LogP contribution in [-0.2, 0) is 20.7 Å². The number of anilines is 1. The van der Waals surface area contributed by atoms with E-state index in [1.54, 1.807) is 0 Å². The fourth-order valence-corrected chi connectivity index (χ4v) is 2.39. The second kappa shape index (κ2) is 8.44. The van der Waals surface area contributed by atoms with Gasteiger partial charge < -0.3 is 10.1 Å². The third-order valence-corrected chi connectivity index (χ3v) is 4.03. The maximum absolute atomic E-state index is 11.8. The highest BCUT2D eigenvalue weighted by molar-refractivity contribution is 6.32. The van der Waals surface area contributed by atoms with Crippen LogP contribution >= 0.6 is 11.6 Å². The molecule has 0 heterocycles. The van der Waals surface area contributed by atoms with Crippen molar-refractivity contribution in [3.05, 3.63) is 68.2 Å². The first-order valence-corrected chi connectivity index (χ1v) is 8.09. The second-order valence-electron chi connectivity index (χ2n) is 5.73. The van der Waals surface area contributed by atoms with E-state index in [2.05, 4.69) is 5.32 Å². The zero-order valence-electron chi connectivity index (χ0n) is 14.2. The number of nitro groups is 1. The van der Waals surface area contributed by atoms with Crippen LogP contribution in [0.4, 0.5) is 11.4 Å². The predicted octanol–water partition coefficient (Wildman–Crippen LogP) is 3.59. The van der Waals surface area contributed by atoms with Gasteiger partial charge in [0.25, 0.3) is 11.6 Å². The minimum atomic E-state index is -0.651. The third kappa shape index (κ3) is 5.29. The van der Waals surface area contributed by atoms with Crippen LogP contribution in [0.15, 0.2) is 36.4 Å². The van der Waals surface area contributed by atoms with Gasteiger partial charge in [0.05, 0.1) is 11.3 Å². The summed E-state index contributed by atoms with van der Waals surface area (Å²) in [6, 6.07) is 9.50. The van der Waals surface area contributed by atoms with Crippen LogP contribution in [0.25, 0.3) is 0 Å². The molecule has 8 heteroatoms. The number of ether oxygens (including phenoxy) is 1. The number of nitrogens with zero attached hydrogens (tertiary/aromatic N) is 1. The van der Waals surface area contributed by atoms with E-state index in [1.165, 1.54) is 12.1 Å². The maximum Gasteiger partial charge on any atom is 0.310 e. The minimum Gasteiger partial charge on any atom is -0.455 e. The van der Waals surface area contributed by atoms with Crippen molar-refractivity contribution < 1.29 is 19.2 Å². The van der Waals surface area contributed by atoms with Crippen molar-refractivity contribution in [3.8, 4) is 0 Å². The van der Waals surface area contributed by atoms with E-state index in [-0.39, 0.29) is 22.8 Å². The van der Waals surface area contributed by atoms with Crippen LogP contribution in [0.1, 0.15) is 16.7 Å². The van der Waals surface area contributed by atoms with E-state index < -0.39 is 23.4 Å². The van der Waals surface area contributed by atoms with Gasteiger partial charge in [-0.25, -0.2) is 0 Å². The third-order valence-electron chi connectivity index (χ3n) is 3.71. The summed E-state index contributed by atoms with van der Waals surface area (Å²) in [5.74, 6) is -1.14. The molecule has 0 aliphatic carbocycles. The lowest BCUT2D eigenvalue weighted by Gasteiger charge is -2.08. The lowest BCUT2D eigenvalue weighted by molar-refractivity contribution is -0.384. The molecule has 2 rings (SSSR count). The summed E-state index contributed by atoms with van der Waals surface area (Å²) in [4.78, 5) is 33.9. The number of amides is 1. The Bertz CT molecular complexity index is 867. The number of carbonyl (C=O) groups is 2. The Hall–Kier alpha value is -2.93. The van der Waals surface area contributed by atoms with Crippen molar-refractivity contribution in [3.63, 3.8) is 0 Å². The van der Waals surface area contributed by atoms with Crippen LogP contribution in [-0.4, -0.2) is 23.4 Å². The molecule has 0 saturated heterocycles. The van der Waals surface area contributed by atoms with Gasteiger partial charge in [-0.05, 0) is 42.7 Å². The van der Waals surface area contributed by atoms with Crippen molar-refractivity contribution in [2.24, 2.45) is 0 Å². The molecule has 0 fully saturated rings. The first kappa shape index (κ1) is 19.4. The van der Waals surface area contributed by atoms with E-state index >= 15 is 0 Å². The van der Waals surface area contributed by atoms with Gasteiger partial charge >= 0.3 is 5.97 Å². The zero-order valence-corrected chi connectivity index (χ0v) is 15.0. The Morgan fingerprint density at radius 3 is 2.54 bits per heavy atom. The Morgan fingerprint density at radius 2 is 1.88 bits per heavy atom. The van der Waals surface area contributed by atoms with Crippen LogP contribution < -0.4 is 5.32 Å². The second-order valence-corrected chi connectivity index (χ2v) is 6.13.